The first-order valence-electron chi connectivity index (χ1n) is 14.9. The largest absolute Gasteiger partial charge is 0.480 e. The van der Waals surface area contributed by atoms with Gasteiger partial charge >= 0.3 is 5.97 Å². The Bertz CT molecular complexity index is 931. The first-order valence-corrected chi connectivity index (χ1v) is 14.9. The van der Waals surface area contributed by atoms with Crippen LogP contribution in [-0.4, -0.2) is 95.6 Å². The van der Waals surface area contributed by atoms with Crippen LogP contribution in [0.15, 0.2) is 0 Å². The summed E-state index contributed by atoms with van der Waals surface area (Å²) < 4.78 is 0. The molecule has 0 fully saturated rings. The van der Waals surface area contributed by atoms with Gasteiger partial charge < -0.3 is 48.3 Å². The maximum Gasteiger partial charge on any atom is 0.326 e. The summed E-state index contributed by atoms with van der Waals surface area (Å²) in [4.78, 5) is 75.7. The number of aliphatic hydroxyl groups excluding tert-OH is 1. The molecule has 0 bridgehead atoms. The van der Waals surface area contributed by atoms with Gasteiger partial charge in [-0.15, -0.1) is 0 Å². The first kappa shape index (κ1) is 39.7. The number of carbonyl (C=O) groups excluding carboxylic acids is 5. The predicted molar refractivity (Wildman–Crippen MR) is 160 cm³/mol. The van der Waals surface area contributed by atoms with Gasteiger partial charge in [0.05, 0.1) is 13.2 Å². The molecular weight excluding hydrogens is 562 g/mol. The van der Waals surface area contributed by atoms with Gasteiger partial charge in [-0.1, -0.05) is 48.0 Å². The van der Waals surface area contributed by atoms with Gasteiger partial charge in [-0.25, -0.2) is 4.79 Å². The second kappa shape index (κ2) is 20.6. The average molecular weight is 616 g/mol. The van der Waals surface area contributed by atoms with Gasteiger partial charge in [-0.05, 0) is 50.0 Å². The van der Waals surface area contributed by atoms with Crippen LogP contribution in [0.5, 0.6) is 0 Å². The third-order valence-corrected chi connectivity index (χ3v) is 6.92. The van der Waals surface area contributed by atoms with E-state index < -0.39 is 84.8 Å². The van der Waals surface area contributed by atoms with Crippen LogP contribution in [0.4, 0.5) is 0 Å². The molecule has 0 saturated heterocycles. The number of aliphatic carboxylic acids is 1. The molecule has 11 N–H and O–H groups in total. The molecule has 0 unspecified atom stereocenters. The molecule has 0 heterocycles. The van der Waals surface area contributed by atoms with Crippen molar-refractivity contribution in [2.45, 2.75) is 104 Å². The first-order chi connectivity index (χ1) is 20.1. The summed E-state index contributed by atoms with van der Waals surface area (Å²) in [5.41, 5.74) is 11.1. The van der Waals surface area contributed by atoms with Crippen LogP contribution in [0.2, 0.25) is 0 Å². The number of carboxylic acids is 1. The number of carboxylic acid groups (broad SMARTS) is 1. The lowest BCUT2D eigenvalue weighted by Gasteiger charge is -2.27. The highest BCUT2D eigenvalue weighted by molar-refractivity contribution is 5.95. The van der Waals surface area contributed by atoms with E-state index in [1.54, 1.807) is 20.8 Å². The van der Waals surface area contributed by atoms with Crippen molar-refractivity contribution >= 4 is 35.5 Å². The standard InChI is InChI=1S/C28H53N7O8/c1-7-17(6)23(35-26(40)20(12-15(2)3)33-24(38)18(30)14-36)27(41)31-13-21(37)32-19(10-8-9-11-29)25(39)34-22(16(4)5)28(42)43/h15-20,22-23,36H,7-14,29-30H2,1-6H3,(H,31,41)(H,32,37)(H,33,38)(H,34,39)(H,35,40)(H,42,43)/t17-,18+,19+,20-,22+,23-/m0/s1. The van der Waals surface area contributed by atoms with E-state index in [4.69, 9.17) is 16.6 Å². The zero-order chi connectivity index (χ0) is 33.3. The Morgan fingerprint density at radius 1 is 0.767 bits per heavy atom. The normalized spacial score (nSPS) is 15.4. The lowest BCUT2D eigenvalue weighted by molar-refractivity contribution is -0.143. The molecule has 15 nitrogen and oxygen atoms in total. The molecule has 0 rings (SSSR count). The Hall–Kier alpha value is -3.30. The van der Waals surface area contributed by atoms with Crippen LogP contribution < -0.4 is 38.1 Å². The minimum Gasteiger partial charge on any atom is -0.480 e. The van der Waals surface area contributed by atoms with Crippen LogP contribution >= 0.6 is 0 Å². The Morgan fingerprint density at radius 2 is 1.35 bits per heavy atom. The highest BCUT2D eigenvalue weighted by Gasteiger charge is 2.32. The highest BCUT2D eigenvalue weighted by Crippen LogP contribution is 2.11. The van der Waals surface area contributed by atoms with Crippen molar-refractivity contribution in [2.75, 3.05) is 19.7 Å². The third-order valence-electron chi connectivity index (χ3n) is 6.92. The Morgan fingerprint density at radius 3 is 1.84 bits per heavy atom. The van der Waals surface area contributed by atoms with Crippen molar-refractivity contribution in [1.82, 2.24) is 26.6 Å². The zero-order valence-corrected chi connectivity index (χ0v) is 26.3. The van der Waals surface area contributed by atoms with Crippen LogP contribution in [-0.2, 0) is 28.8 Å². The summed E-state index contributed by atoms with van der Waals surface area (Å²) in [6, 6.07) is -5.47. The fourth-order valence-corrected chi connectivity index (χ4v) is 4.07. The molecule has 0 aliphatic rings. The van der Waals surface area contributed by atoms with Gasteiger partial charge in [0, 0.05) is 0 Å². The molecule has 43 heavy (non-hydrogen) atoms. The van der Waals surface area contributed by atoms with E-state index in [0.717, 1.165) is 0 Å². The van der Waals surface area contributed by atoms with E-state index in [2.05, 4.69) is 26.6 Å². The molecule has 0 aromatic heterocycles. The highest BCUT2D eigenvalue weighted by atomic mass is 16.4. The molecule has 5 amide bonds. The summed E-state index contributed by atoms with van der Waals surface area (Å²) in [5, 5.41) is 31.2. The summed E-state index contributed by atoms with van der Waals surface area (Å²) in [7, 11) is 0. The molecule has 0 radical (unpaired) electrons. The smallest absolute Gasteiger partial charge is 0.326 e. The second-order valence-electron chi connectivity index (χ2n) is 11.5. The third kappa shape index (κ3) is 15.1. The van der Waals surface area contributed by atoms with E-state index >= 15 is 0 Å². The summed E-state index contributed by atoms with van der Waals surface area (Å²) in [5.74, 6) is -5.26. The van der Waals surface area contributed by atoms with Gasteiger partial charge in [0.2, 0.25) is 29.5 Å². The van der Waals surface area contributed by atoms with Crippen molar-refractivity contribution in [3.63, 3.8) is 0 Å². The summed E-state index contributed by atoms with van der Waals surface area (Å²) >= 11 is 0. The van der Waals surface area contributed by atoms with Crippen LogP contribution in [0, 0.1) is 17.8 Å². The Kier molecular flexibility index (Phi) is 19.0. The number of amides is 5. The van der Waals surface area contributed by atoms with Gasteiger partial charge in [0.15, 0.2) is 0 Å². The topological polar surface area (TPSA) is 255 Å². The quantitative estimate of drug-likeness (QED) is 0.0663. The number of carbonyl (C=O) groups is 6. The molecule has 0 aliphatic carbocycles. The lowest BCUT2D eigenvalue weighted by Crippen LogP contribution is -2.58. The zero-order valence-electron chi connectivity index (χ0n) is 26.3. The van der Waals surface area contributed by atoms with E-state index in [9.17, 15) is 33.9 Å². The number of hydrogen-bond donors (Lipinski definition) is 9. The second-order valence-corrected chi connectivity index (χ2v) is 11.5. The fourth-order valence-electron chi connectivity index (χ4n) is 4.07. The maximum atomic E-state index is 13.1. The number of aliphatic hydroxyl groups is 1. The predicted octanol–water partition coefficient (Wildman–Crippen LogP) is -1.68. The summed E-state index contributed by atoms with van der Waals surface area (Å²) in [6.07, 6.45) is 2.05. The number of rotatable bonds is 21. The molecule has 15 heteroatoms. The minimum absolute atomic E-state index is 0.00212. The number of nitrogens with one attached hydrogen (secondary N) is 5. The minimum atomic E-state index is -1.21. The van der Waals surface area contributed by atoms with Crippen molar-refractivity contribution in [2.24, 2.45) is 29.2 Å². The number of unbranched alkanes of at least 4 members (excludes halogenated alkanes) is 1. The van der Waals surface area contributed by atoms with Crippen LogP contribution in [0.3, 0.4) is 0 Å². The van der Waals surface area contributed by atoms with E-state index in [-0.39, 0.29) is 24.7 Å². The Labute approximate surface area is 254 Å². The number of hydrogen-bond acceptors (Lipinski definition) is 9. The molecule has 0 aromatic rings. The maximum absolute atomic E-state index is 13.1. The molecule has 248 valence electrons. The van der Waals surface area contributed by atoms with Gasteiger partial charge in [-0.2, -0.15) is 0 Å². The molecule has 0 spiro atoms. The number of nitrogens with two attached hydrogens (primary N) is 2. The molecule has 6 atom stereocenters. The van der Waals surface area contributed by atoms with E-state index in [1.165, 1.54) is 0 Å². The van der Waals surface area contributed by atoms with E-state index in [1.807, 2.05) is 20.8 Å². The average Bonchev–Trinajstić information content (AvgIpc) is 2.94. The van der Waals surface area contributed by atoms with Gasteiger partial charge in [-0.3, -0.25) is 24.0 Å². The fraction of sp³-hybridized carbons (Fsp3) is 0.786. The molecule has 0 aliphatic heterocycles. The van der Waals surface area contributed by atoms with E-state index in [0.29, 0.717) is 25.8 Å². The van der Waals surface area contributed by atoms with Crippen molar-refractivity contribution in [3.8, 4) is 0 Å². The SMILES string of the molecule is CC[C@H](C)[C@H](NC(=O)[C@H](CC(C)C)NC(=O)[C@H](N)CO)C(=O)NCC(=O)N[C@H](CCCCN)C(=O)N[C@@H](C(=O)O)C(C)C. The molecule has 0 saturated carbocycles. The molecule has 0 aromatic carbocycles. The van der Waals surface area contributed by atoms with Crippen molar-refractivity contribution in [1.29, 1.82) is 0 Å². The Balaban J connectivity index is 5.55. The molecular formula is C28H53N7O8. The van der Waals surface area contributed by atoms with Crippen LogP contribution in [0.25, 0.3) is 0 Å². The van der Waals surface area contributed by atoms with Crippen LogP contribution in [0.1, 0.15) is 73.6 Å². The van der Waals surface area contributed by atoms with Crippen molar-refractivity contribution in [3.05, 3.63) is 0 Å². The monoisotopic (exact) mass is 615 g/mol. The lowest BCUT2D eigenvalue weighted by atomic mass is 9.96. The summed E-state index contributed by atoms with van der Waals surface area (Å²) in [6.45, 7) is 9.83. The van der Waals surface area contributed by atoms with Crippen molar-refractivity contribution < 1.29 is 39.0 Å². The van der Waals surface area contributed by atoms with Gasteiger partial charge in [0.1, 0.15) is 30.2 Å². The van der Waals surface area contributed by atoms with Gasteiger partial charge in [0.25, 0.3) is 0 Å².